The Balaban J connectivity index is 1.85. The Kier molecular flexibility index (Phi) is 4.38. The Labute approximate surface area is 105 Å². The summed E-state index contributed by atoms with van der Waals surface area (Å²) in [4.78, 5) is 2.43. The lowest BCUT2D eigenvalue weighted by Crippen LogP contribution is -2.22. The van der Waals surface area contributed by atoms with Crippen LogP contribution in [0.5, 0.6) is 0 Å². The number of hydrogen-bond donors (Lipinski definition) is 1. The summed E-state index contributed by atoms with van der Waals surface area (Å²) < 4.78 is 1.03. The molecule has 1 N–H and O–H groups in total. The molecule has 1 fully saturated rings. The fraction of sp³-hybridized carbons (Fsp3) is 0.538. The summed E-state index contributed by atoms with van der Waals surface area (Å²) in [5, 5.41) is 10.1. The van der Waals surface area contributed by atoms with Gasteiger partial charge in [-0.3, -0.25) is 0 Å². The molecule has 1 aromatic rings. The van der Waals surface area contributed by atoms with Crippen molar-refractivity contribution in [2.75, 3.05) is 19.6 Å². The minimum atomic E-state index is -0.335. The maximum absolute atomic E-state index is 10.1. The smallest absolute Gasteiger partial charge is 0.0802 e. The SMILES string of the molecule is OC(CCN1CCCC1)c1cccc(Br)c1. The van der Waals surface area contributed by atoms with Crippen molar-refractivity contribution >= 4 is 15.9 Å². The molecule has 0 aromatic heterocycles. The predicted molar refractivity (Wildman–Crippen MR) is 69.4 cm³/mol. The second-order valence-corrected chi connectivity index (χ2v) is 5.32. The average Bonchev–Trinajstić information content (AvgIpc) is 2.78. The van der Waals surface area contributed by atoms with Crippen molar-refractivity contribution in [3.63, 3.8) is 0 Å². The van der Waals surface area contributed by atoms with Gasteiger partial charge in [0.1, 0.15) is 0 Å². The molecule has 1 aliphatic rings. The van der Waals surface area contributed by atoms with Crippen LogP contribution in [0.15, 0.2) is 28.7 Å². The van der Waals surface area contributed by atoms with Gasteiger partial charge in [-0.15, -0.1) is 0 Å². The summed E-state index contributed by atoms with van der Waals surface area (Å²) >= 11 is 3.43. The number of benzene rings is 1. The van der Waals surface area contributed by atoms with E-state index in [0.29, 0.717) is 0 Å². The summed E-state index contributed by atoms with van der Waals surface area (Å²) in [5.74, 6) is 0. The van der Waals surface area contributed by atoms with Gasteiger partial charge in [0.25, 0.3) is 0 Å². The number of nitrogens with zero attached hydrogens (tertiary/aromatic N) is 1. The van der Waals surface area contributed by atoms with Gasteiger partial charge in [-0.2, -0.15) is 0 Å². The number of rotatable bonds is 4. The van der Waals surface area contributed by atoms with E-state index in [0.717, 1.165) is 23.0 Å². The van der Waals surface area contributed by atoms with Crippen molar-refractivity contribution in [3.8, 4) is 0 Å². The Bertz CT molecular complexity index is 336. The minimum absolute atomic E-state index is 0.335. The Hall–Kier alpha value is -0.380. The Morgan fingerprint density at radius 2 is 2.06 bits per heavy atom. The molecule has 1 heterocycles. The van der Waals surface area contributed by atoms with Gasteiger partial charge in [-0.25, -0.2) is 0 Å². The van der Waals surface area contributed by atoms with Crippen LogP contribution in [0.2, 0.25) is 0 Å². The average molecular weight is 284 g/mol. The zero-order chi connectivity index (χ0) is 11.4. The monoisotopic (exact) mass is 283 g/mol. The van der Waals surface area contributed by atoms with Crippen LogP contribution in [0.4, 0.5) is 0 Å². The van der Waals surface area contributed by atoms with E-state index in [9.17, 15) is 5.11 Å². The minimum Gasteiger partial charge on any atom is -0.388 e. The molecule has 1 atom stereocenters. The van der Waals surface area contributed by atoms with E-state index in [1.54, 1.807) is 0 Å². The van der Waals surface area contributed by atoms with Gasteiger partial charge >= 0.3 is 0 Å². The molecular weight excluding hydrogens is 266 g/mol. The molecule has 2 nitrogen and oxygen atoms in total. The van der Waals surface area contributed by atoms with E-state index < -0.39 is 0 Å². The van der Waals surface area contributed by atoms with Crippen molar-refractivity contribution in [3.05, 3.63) is 34.3 Å². The molecule has 1 aromatic carbocycles. The van der Waals surface area contributed by atoms with Crippen molar-refractivity contribution in [1.29, 1.82) is 0 Å². The molecule has 16 heavy (non-hydrogen) atoms. The van der Waals surface area contributed by atoms with Crippen LogP contribution in [0, 0.1) is 0 Å². The third-order valence-corrected chi connectivity index (χ3v) is 3.64. The molecule has 0 amide bonds. The molecule has 88 valence electrons. The number of hydrogen-bond acceptors (Lipinski definition) is 2. The molecule has 2 rings (SSSR count). The van der Waals surface area contributed by atoms with Crippen molar-refractivity contribution < 1.29 is 5.11 Å². The van der Waals surface area contributed by atoms with Crippen LogP contribution in [-0.4, -0.2) is 29.6 Å². The first-order chi connectivity index (χ1) is 7.75. The highest BCUT2D eigenvalue weighted by molar-refractivity contribution is 9.10. The van der Waals surface area contributed by atoms with Gasteiger partial charge in [0, 0.05) is 11.0 Å². The van der Waals surface area contributed by atoms with Crippen LogP contribution in [0.1, 0.15) is 30.9 Å². The first kappa shape index (κ1) is 12.1. The summed E-state index contributed by atoms with van der Waals surface area (Å²) in [7, 11) is 0. The molecule has 1 saturated heterocycles. The van der Waals surface area contributed by atoms with E-state index in [1.165, 1.54) is 25.9 Å². The second kappa shape index (κ2) is 5.80. The Morgan fingerprint density at radius 3 is 2.75 bits per heavy atom. The van der Waals surface area contributed by atoms with E-state index >= 15 is 0 Å². The molecule has 0 bridgehead atoms. The third kappa shape index (κ3) is 3.30. The lowest BCUT2D eigenvalue weighted by Gasteiger charge is -2.17. The number of aliphatic hydroxyl groups is 1. The molecule has 0 spiro atoms. The van der Waals surface area contributed by atoms with Gasteiger partial charge in [0.2, 0.25) is 0 Å². The zero-order valence-electron chi connectivity index (χ0n) is 9.40. The van der Waals surface area contributed by atoms with Gasteiger partial charge in [0.15, 0.2) is 0 Å². The molecular formula is C13H18BrNO. The van der Waals surface area contributed by atoms with Crippen LogP contribution in [-0.2, 0) is 0 Å². The maximum Gasteiger partial charge on any atom is 0.0802 e. The number of halogens is 1. The summed E-state index contributed by atoms with van der Waals surface area (Å²) in [5.41, 5.74) is 1.01. The molecule has 1 unspecified atom stereocenters. The van der Waals surface area contributed by atoms with Crippen LogP contribution in [0.3, 0.4) is 0 Å². The third-order valence-electron chi connectivity index (χ3n) is 3.15. The van der Waals surface area contributed by atoms with E-state index in [1.807, 2.05) is 24.3 Å². The summed E-state index contributed by atoms with van der Waals surface area (Å²) in [6.45, 7) is 3.41. The van der Waals surface area contributed by atoms with Crippen molar-refractivity contribution in [1.82, 2.24) is 4.90 Å². The second-order valence-electron chi connectivity index (χ2n) is 4.41. The zero-order valence-corrected chi connectivity index (χ0v) is 11.0. The van der Waals surface area contributed by atoms with Crippen molar-refractivity contribution in [2.24, 2.45) is 0 Å². The molecule has 1 aliphatic heterocycles. The first-order valence-corrected chi connectivity index (χ1v) is 6.71. The highest BCUT2D eigenvalue weighted by atomic mass is 79.9. The highest BCUT2D eigenvalue weighted by Gasteiger charge is 2.14. The molecule has 3 heteroatoms. The molecule has 0 saturated carbocycles. The fourth-order valence-electron chi connectivity index (χ4n) is 2.19. The lowest BCUT2D eigenvalue weighted by atomic mass is 10.1. The van der Waals surface area contributed by atoms with Crippen molar-refractivity contribution in [2.45, 2.75) is 25.4 Å². The first-order valence-electron chi connectivity index (χ1n) is 5.91. The normalized spacial score (nSPS) is 18.9. The van der Waals surface area contributed by atoms with Crippen LogP contribution < -0.4 is 0 Å². The van der Waals surface area contributed by atoms with Gasteiger partial charge < -0.3 is 10.0 Å². The molecule has 0 radical (unpaired) electrons. The Morgan fingerprint density at radius 1 is 1.31 bits per heavy atom. The quantitative estimate of drug-likeness (QED) is 0.919. The van der Waals surface area contributed by atoms with Gasteiger partial charge in [-0.1, -0.05) is 28.1 Å². The van der Waals surface area contributed by atoms with E-state index in [2.05, 4.69) is 20.8 Å². The van der Waals surface area contributed by atoms with Crippen LogP contribution >= 0.6 is 15.9 Å². The van der Waals surface area contributed by atoms with Gasteiger partial charge in [0.05, 0.1) is 6.10 Å². The van der Waals surface area contributed by atoms with E-state index in [4.69, 9.17) is 0 Å². The summed E-state index contributed by atoms with van der Waals surface area (Å²) in [6.07, 6.45) is 3.12. The van der Waals surface area contributed by atoms with E-state index in [-0.39, 0.29) is 6.10 Å². The van der Waals surface area contributed by atoms with Gasteiger partial charge in [-0.05, 0) is 50.0 Å². The topological polar surface area (TPSA) is 23.5 Å². The molecule has 0 aliphatic carbocycles. The van der Waals surface area contributed by atoms with Crippen LogP contribution in [0.25, 0.3) is 0 Å². The lowest BCUT2D eigenvalue weighted by molar-refractivity contribution is 0.149. The predicted octanol–water partition coefficient (Wildman–Crippen LogP) is 2.97. The fourth-order valence-corrected chi connectivity index (χ4v) is 2.61. The number of aliphatic hydroxyl groups excluding tert-OH is 1. The largest absolute Gasteiger partial charge is 0.388 e. The standard InChI is InChI=1S/C13H18BrNO/c14-12-5-3-4-11(10-12)13(16)6-9-15-7-1-2-8-15/h3-5,10,13,16H,1-2,6-9H2. The maximum atomic E-state index is 10.1. The highest BCUT2D eigenvalue weighted by Crippen LogP contribution is 2.21. The summed E-state index contributed by atoms with van der Waals surface area (Å²) in [6, 6.07) is 7.93. The number of likely N-dealkylation sites (tertiary alicyclic amines) is 1.